The number of H-pyrrole nitrogens is 1. The van der Waals surface area contributed by atoms with Gasteiger partial charge < -0.3 is 4.42 Å². The molecule has 0 aliphatic rings. The number of aromatic amines is 1. The Morgan fingerprint density at radius 2 is 2.36 bits per heavy atom. The van der Waals surface area contributed by atoms with Crippen molar-refractivity contribution in [2.75, 3.05) is 0 Å². The van der Waals surface area contributed by atoms with Crippen LogP contribution >= 0.6 is 0 Å². The van der Waals surface area contributed by atoms with Gasteiger partial charge in [0.2, 0.25) is 0 Å². The first kappa shape index (κ1) is 6.09. The highest BCUT2D eigenvalue weighted by molar-refractivity contribution is 5.69. The van der Waals surface area contributed by atoms with Gasteiger partial charge in [0.05, 0.1) is 5.69 Å². The molecule has 0 aromatic carbocycles. The Hall–Kier alpha value is -1.65. The summed E-state index contributed by atoms with van der Waals surface area (Å²) in [5, 5.41) is 0. The van der Waals surface area contributed by atoms with E-state index in [-0.39, 0.29) is 0 Å². The van der Waals surface area contributed by atoms with E-state index in [1.54, 1.807) is 6.92 Å². The number of fused-ring (bicyclic) bond motifs is 1. The van der Waals surface area contributed by atoms with Crippen LogP contribution in [-0.2, 0) is 0 Å². The number of hydrogen-bond acceptors (Lipinski definition) is 4. The standard InChI is InChI=1S/C6H5N3O2/c1-3-4-5(8-2-7-3)11-6(10)9-4/h2H,1H3,(H,9,10). The monoisotopic (exact) mass is 151 g/mol. The minimum Gasteiger partial charge on any atom is -0.389 e. The smallest absolute Gasteiger partial charge is 0.389 e. The molecule has 0 spiro atoms. The summed E-state index contributed by atoms with van der Waals surface area (Å²) in [6.45, 7) is 1.77. The molecule has 5 nitrogen and oxygen atoms in total. The second-order valence-electron chi connectivity index (χ2n) is 2.15. The van der Waals surface area contributed by atoms with Gasteiger partial charge in [-0.2, -0.15) is 4.98 Å². The summed E-state index contributed by atoms with van der Waals surface area (Å²) in [6, 6.07) is 0. The van der Waals surface area contributed by atoms with Crippen LogP contribution in [0.3, 0.4) is 0 Å². The van der Waals surface area contributed by atoms with Crippen LogP contribution in [0.1, 0.15) is 5.69 Å². The van der Waals surface area contributed by atoms with Crippen LogP contribution in [0.5, 0.6) is 0 Å². The molecule has 0 saturated heterocycles. The Morgan fingerprint density at radius 1 is 1.55 bits per heavy atom. The molecule has 2 aromatic heterocycles. The molecule has 5 heteroatoms. The SMILES string of the molecule is Cc1ncnc2oc(=O)[nH]c12. The molecule has 0 saturated carbocycles. The summed E-state index contributed by atoms with van der Waals surface area (Å²) in [7, 11) is 0. The van der Waals surface area contributed by atoms with Gasteiger partial charge in [-0.05, 0) is 6.92 Å². The molecule has 1 N–H and O–H groups in total. The van der Waals surface area contributed by atoms with Crippen LogP contribution in [0.25, 0.3) is 11.2 Å². The molecule has 0 bridgehead atoms. The Bertz CT molecular complexity index is 442. The quantitative estimate of drug-likeness (QED) is 0.584. The number of nitrogens with zero attached hydrogens (tertiary/aromatic N) is 2. The van der Waals surface area contributed by atoms with Crippen molar-refractivity contribution in [2.24, 2.45) is 0 Å². The van der Waals surface area contributed by atoms with Crippen molar-refractivity contribution < 1.29 is 4.42 Å². The molecular formula is C6H5N3O2. The van der Waals surface area contributed by atoms with Crippen molar-refractivity contribution >= 4 is 11.2 Å². The van der Waals surface area contributed by atoms with Crippen LogP contribution in [-0.4, -0.2) is 15.0 Å². The Morgan fingerprint density at radius 3 is 3.09 bits per heavy atom. The van der Waals surface area contributed by atoms with E-state index in [1.807, 2.05) is 0 Å². The largest absolute Gasteiger partial charge is 0.418 e. The predicted octanol–water partition coefficient (Wildman–Crippen LogP) is 0.220. The number of nitrogens with one attached hydrogen (secondary N) is 1. The van der Waals surface area contributed by atoms with Crippen LogP contribution in [0, 0.1) is 6.92 Å². The maximum atomic E-state index is 10.7. The van der Waals surface area contributed by atoms with Crippen molar-refractivity contribution in [1.82, 2.24) is 15.0 Å². The minimum atomic E-state index is -0.497. The number of oxazole rings is 1. The number of aromatic nitrogens is 3. The van der Waals surface area contributed by atoms with Crippen molar-refractivity contribution in [3.05, 3.63) is 22.6 Å². The molecule has 2 heterocycles. The predicted molar refractivity (Wildman–Crippen MR) is 37.2 cm³/mol. The lowest BCUT2D eigenvalue weighted by molar-refractivity contribution is 0.545. The fourth-order valence-corrected chi connectivity index (χ4v) is 0.888. The first-order valence-electron chi connectivity index (χ1n) is 3.08. The van der Waals surface area contributed by atoms with E-state index in [4.69, 9.17) is 0 Å². The summed E-state index contributed by atoms with van der Waals surface area (Å²) in [5.41, 5.74) is 1.58. The minimum absolute atomic E-state index is 0.308. The first-order chi connectivity index (χ1) is 5.27. The van der Waals surface area contributed by atoms with E-state index < -0.39 is 5.76 Å². The molecule has 11 heavy (non-hydrogen) atoms. The Labute approximate surface area is 61.1 Å². The molecule has 0 aliphatic carbocycles. The fourth-order valence-electron chi connectivity index (χ4n) is 0.888. The molecule has 0 unspecified atom stereocenters. The molecule has 0 amide bonds. The highest BCUT2D eigenvalue weighted by Crippen LogP contribution is 2.06. The van der Waals surface area contributed by atoms with E-state index >= 15 is 0 Å². The summed E-state index contributed by atoms with van der Waals surface area (Å²) in [5.74, 6) is -0.497. The molecule has 0 radical (unpaired) electrons. The molecular weight excluding hydrogens is 146 g/mol. The Balaban J connectivity index is 3.01. The van der Waals surface area contributed by atoms with Crippen molar-refractivity contribution in [3.8, 4) is 0 Å². The normalized spacial score (nSPS) is 10.6. The van der Waals surface area contributed by atoms with Gasteiger partial charge in [-0.15, -0.1) is 0 Å². The molecule has 0 atom stereocenters. The maximum absolute atomic E-state index is 10.7. The highest BCUT2D eigenvalue weighted by Gasteiger charge is 2.03. The van der Waals surface area contributed by atoms with Crippen LogP contribution in [0.4, 0.5) is 0 Å². The number of aryl methyl sites for hydroxylation is 1. The molecule has 0 fully saturated rings. The highest BCUT2D eigenvalue weighted by atomic mass is 16.4. The van der Waals surface area contributed by atoms with Crippen LogP contribution in [0.2, 0.25) is 0 Å². The summed E-state index contributed by atoms with van der Waals surface area (Å²) < 4.78 is 4.69. The third-order valence-electron chi connectivity index (χ3n) is 1.42. The summed E-state index contributed by atoms with van der Waals surface area (Å²) in [4.78, 5) is 20.8. The maximum Gasteiger partial charge on any atom is 0.418 e. The second kappa shape index (κ2) is 1.91. The lowest BCUT2D eigenvalue weighted by Crippen LogP contribution is -1.93. The second-order valence-corrected chi connectivity index (χ2v) is 2.15. The summed E-state index contributed by atoms with van der Waals surface area (Å²) >= 11 is 0. The third-order valence-corrected chi connectivity index (χ3v) is 1.42. The van der Waals surface area contributed by atoms with Crippen LogP contribution in [0.15, 0.2) is 15.5 Å². The van der Waals surface area contributed by atoms with E-state index in [0.29, 0.717) is 16.9 Å². The van der Waals surface area contributed by atoms with Crippen molar-refractivity contribution in [1.29, 1.82) is 0 Å². The molecule has 56 valence electrons. The van der Waals surface area contributed by atoms with Gasteiger partial charge in [-0.3, -0.25) is 4.98 Å². The molecule has 0 aliphatic heterocycles. The lowest BCUT2D eigenvalue weighted by Gasteiger charge is -1.87. The topological polar surface area (TPSA) is 71.8 Å². The van der Waals surface area contributed by atoms with E-state index in [0.717, 1.165) is 0 Å². The zero-order valence-electron chi connectivity index (χ0n) is 5.79. The van der Waals surface area contributed by atoms with E-state index in [1.165, 1.54) is 6.33 Å². The lowest BCUT2D eigenvalue weighted by atomic mass is 10.4. The number of rotatable bonds is 0. The van der Waals surface area contributed by atoms with Gasteiger partial charge in [0, 0.05) is 0 Å². The zero-order valence-corrected chi connectivity index (χ0v) is 5.79. The number of hydrogen-bond donors (Lipinski definition) is 1. The third kappa shape index (κ3) is 0.813. The average Bonchev–Trinajstić information content (AvgIpc) is 2.31. The molecule has 2 rings (SSSR count). The van der Waals surface area contributed by atoms with Gasteiger partial charge >= 0.3 is 5.76 Å². The van der Waals surface area contributed by atoms with Gasteiger partial charge in [-0.1, -0.05) is 0 Å². The zero-order chi connectivity index (χ0) is 7.84. The first-order valence-corrected chi connectivity index (χ1v) is 3.08. The Kier molecular flexibility index (Phi) is 1.06. The summed E-state index contributed by atoms with van der Waals surface area (Å²) in [6.07, 6.45) is 1.36. The van der Waals surface area contributed by atoms with Gasteiger partial charge in [0.25, 0.3) is 5.71 Å². The van der Waals surface area contributed by atoms with Gasteiger partial charge in [0.1, 0.15) is 11.8 Å². The van der Waals surface area contributed by atoms with E-state index in [9.17, 15) is 4.79 Å². The van der Waals surface area contributed by atoms with E-state index in [2.05, 4.69) is 19.4 Å². The van der Waals surface area contributed by atoms with Crippen molar-refractivity contribution in [2.45, 2.75) is 6.92 Å². The molecule has 2 aromatic rings. The fraction of sp³-hybridized carbons (Fsp3) is 0.167. The van der Waals surface area contributed by atoms with Gasteiger partial charge in [-0.25, -0.2) is 9.78 Å². The average molecular weight is 151 g/mol. The van der Waals surface area contributed by atoms with Crippen LogP contribution < -0.4 is 5.76 Å². The van der Waals surface area contributed by atoms with Gasteiger partial charge in [0.15, 0.2) is 0 Å². The van der Waals surface area contributed by atoms with Crippen molar-refractivity contribution in [3.63, 3.8) is 0 Å².